The topological polar surface area (TPSA) is 69.4 Å². The molecule has 3 N–H and O–H groups in total. The monoisotopic (exact) mass is 557 g/mol. The number of aromatic amines is 2. The number of hydrogen-bond acceptors (Lipinski definition) is 3. The van der Waals surface area contributed by atoms with E-state index in [9.17, 15) is 4.39 Å². The van der Waals surface area contributed by atoms with Gasteiger partial charge in [0.05, 0.1) is 22.9 Å². The van der Waals surface area contributed by atoms with Gasteiger partial charge in [-0.25, -0.2) is 4.39 Å². The van der Waals surface area contributed by atoms with Crippen molar-refractivity contribution in [2.75, 3.05) is 5.32 Å². The lowest BCUT2D eigenvalue weighted by Crippen LogP contribution is -2.23. The first kappa shape index (κ1) is 27.5. The number of H-pyrrole nitrogens is 2. The molecule has 212 valence electrons. The van der Waals surface area contributed by atoms with Crippen molar-refractivity contribution in [1.29, 1.82) is 0 Å². The highest BCUT2D eigenvalue weighted by atomic mass is 19.1. The average Bonchev–Trinajstić information content (AvgIpc) is 3.62. The van der Waals surface area contributed by atoms with Gasteiger partial charge in [0.25, 0.3) is 0 Å². The number of nitrogens with one attached hydrogen (secondary N) is 3. The summed E-state index contributed by atoms with van der Waals surface area (Å²) in [6, 6.07) is 16.9. The summed E-state index contributed by atoms with van der Waals surface area (Å²) in [7, 11) is 0. The molecule has 1 fully saturated rings. The molecule has 0 atom stereocenters. The lowest BCUT2D eigenvalue weighted by Gasteiger charge is -2.22. The second-order valence-corrected chi connectivity index (χ2v) is 11.2. The highest BCUT2D eigenvalue weighted by molar-refractivity contribution is 5.98. The molecular formula is C36H36FN5. The first-order valence-electron chi connectivity index (χ1n) is 14.7. The molecule has 0 radical (unpaired) electrons. The number of nitrogens with zero attached hydrogens (tertiary/aromatic N) is 2. The zero-order chi connectivity index (χ0) is 29.1. The molecule has 5 nitrogen and oxygen atoms in total. The van der Waals surface area contributed by atoms with Crippen molar-refractivity contribution in [3.05, 3.63) is 108 Å². The van der Waals surface area contributed by atoms with Gasteiger partial charge in [-0.2, -0.15) is 5.10 Å². The van der Waals surface area contributed by atoms with Gasteiger partial charge in [0.2, 0.25) is 0 Å². The van der Waals surface area contributed by atoms with Gasteiger partial charge in [-0.3, -0.25) is 10.1 Å². The van der Waals surface area contributed by atoms with Crippen molar-refractivity contribution in [3.63, 3.8) is 0 Å². The van der Waals surface area contributed by atoms with E-state index in [0.29, 0.717) is 0 Å². The van der Waals surface area contributed by atoms with Gasteiger partial charge in [0, 0.05) is 33.6 Å². The van der Waals surface area contributed by atoms with Gasteiger partial charge in [-0.1, -0.05) is 75.6 Å². The predicted molar refractivity (Wildman–Crippen MR) is 172 cm³/mol. The van der Waals surface area contributed by atoms with Crippen LogP contribution in [0.15, 0.2) is 85.8 Å². The van der Waals surface area contributed by atoms with Crippen molar-refractivity contribution in [2.24, 2.45) is 5.92 Å². The Labute approximate surface area is 245 Å². The minimum Gasteiger partial charge on any atom is -0.358 e. The first-order valence-corrected chi connectivity index (χ1v) is 14.7. The standard InChI is InChI=1S/C36H36FN5/c1-4-33-32(17-23(2)27-19-29(22-38-21-27)39-24(3)18-25-9-6-5-7-10-25)36(42-41-33)35-20-31-30(11-8-12-34(31)40-35)26-13-15-28(37)16-14-26/h4,8,11-17,19-22,25,39-41H,2-3,5-7,9-10,18H2,1H3/b32-17+,33-4+. The fraction of sp³-hybridized carbons (Fsp3) is 0.222. The molecule has 0 bridgehead atoms. The van der Waals surface area contributed by atoms with E-state index in [-0.39, 0.29) is 5.82 Å². The predicted octanol–water partition coefficient (Wildman–Crippen LogP) is 7.95. The Morgan fingerprint density at radius 1 is 1.05 bits per heavy atom. The molecule has 2 aromatic carbocycles. The van der Waals surface area contributed by atoms with Crippen molar-refractivity contribution >= 4 is 34.3 Å². The summed E-state index contributed by atoms with van der Waals surface area (Å²) in [4.78, 5) is 8.02. The molecule has 1 aliphatic carbocycles. The Morgan fingerprint density at radius 3 is 2.64 bits per heavy atom. The molecular weight excluding hydrogens is 521 g/mol. The second kappa shape index (κ2) is 12.0. The molecule has 3 heterocycles. The van der Waals surface area contributed by atoms with Crippen LogP contribution in [-0.4, -0.2) is 20.2 Å². The van der Waals surface area contributed by atoms with Gasteiger partial charge in [0.1, 0.15) is 11.5 Å². The third-order valence-electron chi connectivity index (χ3n) is 8.21. The average molecular weight is 558 g/mol. The van der Waals surface area contributed by atoms with Gasteiger partial charge in [-0.15, -0.1) is 0 Å². The van der Waals surface area contributed by atoms with Gasteiger partial charge >= 0.3 is 0 Å². The second-order valence-electron chi connectivity index (χ2n) is 11.2. The lowest BCUT2D eigenvalue weighted by molar-refractivity contribution is 0.357. The van der Waals surface area contributed by atoms with E-state index in [4.69, 9.17) is 0 Å². The third-order valence-corrected chi connectivity index (χ3v) is 8.21. The van der Waals surface area contributed by atoms with Crippen LogP contribution < -0.4 is 15.9 Å². The molecule has 0 aliphatic heterocycles. The third kappa shape index (κ3) is 5.84. The zero-order valence-electron chi connectivity index (χ0n) is 24.0. The number of hydrogen-bond donors (Lipinski definition) is 3. The molecule has 0 spiro atoms. The molecule has 0 unspecified atom stereocenters. The van der Waals surface area contributed by atoms with Crippen LogP contribution >= 0.6 is 0 Å². The molecule has 3 aromatic heterocycles. The van der Waals surface area contributed by atoms with E-state index in [1.165, 1.54) is 44.2 Å². The number of aromatic nitrogens is 4. The van der Waals surface area contributed by atoms with Crippen LogP contribution in [0.1, 0.15) is 51.0 Å². The summed E-state index contributed by atoms with van der Waals surface area (Å²) in [6.07, 6.45) is 15.3. The van der Waals surface area contributed by atoms with Crippen LogP contribution in [0, 0.1) is 11.7 Å². The molecule has 1 saturated carbocycles. The number of pyridine rings is 1. The normalized spacial score (nSPS) is 14.9. The number of allylic oxidation sites excluding steroid dienone is 2. The molecule has 5 aromatic rings. The minimum atomic E-state index is -0.248. The lowest BCUT2D eigenvalue weighted by atomic mass is 9.86. The van der Waals surface area contributed by atoms with Crippen molar-refractivity contribution < 1.29 is 4.39 Å². The van der Waals surface area contributed by atoms with Gasteiger partial charge in [0.15, 0.2) is 0 Å². The maximum absolute atomic E-state index is 13.6. The van der Waals surface area contributed by atoms with Crippen LogP contribution in [-0.2, 0) is 0 Å². The fourth-order valence-corrected chi connectivity index (χ4v) is 6.04. The fourth-order valence-electron chi connectivity index (χ4n) is 6.04. The Morgan fingerprint density at radius 2 is 1.86 bits per heavy atom. The van der Waals surface area contributed by atoms with Crippen molar-refractivity contribution in [2.45, 2.75) is 45.4 Å². The summed E-state index contributed by atoms with van der Waals surface area (Å²) < 4.78 is 13.6. The summed E-state index contributed by atoms with van der Waals surface area (Å²) >= 11 is 0. The number of halogens is 1. The Hall–Kier alpha value is -4.71. The zero-order valence-corrected chi connectivity index (χ0v) is 24.0. The van der Waals surface area contributed by atoms with E-state index in [0.717, 1.165) is 78.8 Å². The van der Waals surface area contributed by atoms with Crippen LogP contribution in [0.4, 0.5) is 10.1 Å². The summed E-state index contributed by atoms with van der Waals surface area (Å²) in [5.74, 6) is 0.472. The Balaban J connectivity index is 1.30. The summed E-state index contributed by atoms with van der Waals surface area (Å²) in [5.41, 5.74) is 8.37. The van der Waals surface area contributed by atoms with Crippen LogP contribution in [0.2, 0.25) is 0 Å². The van der Waals surface area contributed by atoms with E-state index in [1.807, 2.05) is 37.5 Å². The quantitative estimate of drug-likeness (QED) is 0.181. The molecule has 6 rings (SSSR count). The summed E-state index contributed by atoms with van der Waals surface area (Å²) in [5, 5.41) is 14.2. The van der Waals surface area contributed by atoms with E-state index >= 15 is 0 Å². The summed E-state index contributed by atoms with van der Waals surface area (Å²) in [6.45, 7) is 10.7. The van der Waals surface area contributed by atoms with Crippen LogP contribution in [0.25, 0.3) is 51.1 Å². The molecule has 1 aliphatic rings. The van der Waals surface area contributed by atoms with Crippen LogP contribution in [0.3, 0.4) is 0 Å². The number of anilines is 1. The van der Waals surface area contributed by atoms with Crippen molar-refractivity contribution in [3.8, 4) is 22.5 Å². The maximum atomic E-state index is 13.6. The van der Waals surface area contributed by atoms with Gasteiger partial charge in [-0.05, 0) is 72.4 Å². The molecule has 0 amide bonds. The smallest absolute Gasteiger partial charge is 0.123 e. The molecule has 42 heavy (non-hydrogen) atoms. The minimum absolute atomic E-state index is 0.248. The van der Waals surface area contributed by atoms with Crippen molar-refractivity contribution in [1.82, 2.24) is 20.2 Å². The number of rotatable bonds is 8. The van der Waals surface area contributed by atoms with E-state index in [1.54, 1.807) is 12.1 Å². The highest BCUT2D eigenvalue weighted by Gasteiger charge is 2.15. The maximum Gasteiger partial charge on any atom is 0.123 e. The first-order chi connectivity index (χ1) is 20.5. The van der Waals surface area contributed by atoms with Crippen LogP contribution in [0.5, 0.6) is 0 Å². The van der Waals surface area contributed by atoms with Gasteiger partial charge < -0.3 is 10.3 Å². The molecule has 6 heteroatoms. The van der Waals surface area contributed by atoms with E-state index < -0.39 is 0 Å². The Bertz CT molecular complexity index is 1870. The number of benzene rings is 2. The highest BCUT2D eigenvalue weighted by Crippen LogP contribution is 2.32. The SMILES string of the molecule is C=C(CC1CCCCC1)Nc1cncc(C(=C)/C=c2/c(-c3cc4c(-c5ccc(F)cc5)cccc4[nH]3)n[nH]/c2=C/C)c1. The number of fused-ring (bicyclic) bond motifs is 1. The molecule has 0 saturated heterocycles. The Kier molecular flexibility index (Phi) is 7.87. The van der Waals surface area contributed by atoms with E-state index in [2.05, 4.69) is 62.9 Å². The largest absolute Gasteiger partial charge is 0.358 e.